The number of fused-ring (bicyclic) bond motifs is 1. The topological polar surface area (TPSA) is 93.5 Å². The van der Waals surface area contributed by atoms with Crippen LogP contribution in [-0.4, -0.2) is 41.1 Å². The predicted octanol–water partition coefficient (Wildman–Crippen LogP) is 3.35. The first-order chi connectivity index (χ1) is 14.6. The zero-order valence-electron chi connectivity index (χ0n) is 16.8. The number of H-pyrrole nitrogens is 1. The average Bonchev–Trinajstić information content (AvgIpc) is 3.38. The van der Waals surface area contributed by atoms with Crippen LogP contribution in [0.15, 0.2) is 60.0 Å². The number of carbonyl (C=O) groups excluding carboxylic acids is 1. The third-order valence-electron chi connectivity index (χ3n) is 4.85. The molecule has 4 aromatic rings. The highest BCUT2D eigenvalue weighted by atomic mass is 16.5. The standard InChI is InChI=1S/C22H21N5O3/c1-27-13-17(16-6-4-5-7-18(16)27)22(28)26-24-12-15-11-23-25-21(15)14-8-9-19(29-2)20(10-14)30-3/h4-13H,1-3H3,(H,23,25)(H,26,28)/b24-12-. The number of nitrogens with one attached hydrogen (secondary N) is 2. The molecule has 8 heteroatoms. The van der Waals surface area contributed by atoms with Crippen molar-refractivity contribution in [2.75, 3.05) is 14.2 Å². The van der Waals surface area contributed by atoms with Gasteiger partial charge in [-0.1, -0.05) is 18.2 Å². The molecule has 0 aliphatic rings. The Morgan fingerprint density at radius 2 is 1.97 bits per heavy atom. The average molecular weight is 403 g/mol. The van der Waals surface area contributed by atoms with E-state index in [-0.39, 0.29) is 5.91 Å². The second kappa shape index (κ2) is 8.12. The minimum absolute atomic E-state index is 0.279. The summed E-state index contributed by atoms with van der Waals surface area (Å²) in [6.45, 7) is 0. The molecule has 0 unspecified atom stereocenters. The molecule has 0 saturated heterocycles. The number of rotatable bonds is 6. The van der Waals surface area contributed by atoms with Crippen molar-refractivity contribution >= 4 is 23.0 Å². The number of aromatic amines is 1. The lowest BCUT2D eigenvalue weighted by molar-refractivity contribution is 0.0956. The maximum Gasteiger partial charge on any atom is 0.273 e. The van der Waals surface area contributed by atoms with E-state index < -0.39 is 0 Å². The van der Waals surface area contributed by atoms with Gasteiger partial charge in [-0.3, -0.25) is 9.89 Å². The number of aryl methyl sites for hydroxylation is 1. The van der Waals surface area contributed by atoms with Crippen LogP contribution in [0.1, 0.15) is 15.9 Å². The van der Waals surface area contributed by atoms with Crippen molar-refractivity contribution in [2.45, 2.75) is 0 Å². The highest BCUT2D eigenvalue weighted by Gasteiger charge is 2.13. The van der Waals surface area contributed by atoms with Crippen LogP contribution in [0.5, 0.6) is 11.5 Å². The van der Waals surface area contributed by atoms with Crippen molar-refractivity contribution < 1.29 is 14.3 Å². The number of aromatic nitrogens is 3. The van der Waals surface area contributed by atoms with E-state index in [0.717, 1.165) is 27.7 Å². The van der Waals surface area contributed by atoms with Crippen LogP contribution in [0.2, 0.25) is 0 Å². The Balaban J connectivity index is 1.55. The van der Waals surface area contributed by atoms with Gasteiger partial charge >= 0.3 is 0 Å². The third-order valence-corrected chi connectivity index (χ3v) is 4.85. The van der Waals surface area contributed by atoms with Crippen LogP contribution < -0.4 is 14.9 Å². The van der Waals surface area contributed by atoms with E-state index in [9.17, 15) is 4.79 Å². The van der Waals surface area contributed by atoms with Gasteiger partial charge < -0.3 is 14.0 Å². The predicted molar refractivity (Wildman–Crippen MR) is 115 cm³/mol. The molecule has 1 amide bonds. The van der Waals surface area contributed by atoms with E-state index in [2.05, 4.69) is 20.7 Å². The summed E-state index contributed by atoms with van der Waals surface area (Å²) in [5, 5.41) is 12.0. The van der Waals surface area contributed by atoms with Crippen LogP contribution >= 0.6 is 0 Å². The fourth-order valence-corrected chi connectivity index (χ4v) is 3.36. The Labute approximate surface area is 173 Å². The number of hydrogen-bond donors (Lipinski definition) is 2. The fraction of sp³-hybridized carbons (Fsp3) is 0.136. The van der Waals surface area contributed by atoms with Gasteiger partial charge in [0.15, 0.2) is 11.5 Å². The van der Waals surface area contributed by atoms with E-state index in [1.54, 1.807) is 32.8 Å². The van der Waals surface area contributed by atoms with E-state index in [1.807, 2.05) is 54.1 Å². The van der Waals surface area contributed by atoms with Gasteiger partial charge in [0.25, 0.3) is 5.91 Å². The van der Waals surface area contributed by atoms with Crippen LogP contribution in [0.4, 0.5) is 0 Å². The number of nitrogens with zero attached hydrogens (tertiary/aromatic N) is 3. The monoisotopic (exact) mass is 403 g/mol. The molecule has 2 N–H and O–H groups in total. The third kappa shape index (κ3) is 3.50. The van der Waals surface area contributed by atoms with Gasteiger partial charge in [-0.05, 0) is 24.3 Å². The Morgan fingerprint density at radius 3 is 2.77 bits per heavy atom. The molecule has 8 nitrogen and oxygen atoms in total. The molecule has 0 aliphatic carbocycles. The summed E-state index contributed by atoms with van der Waals surface area (Å²) in [6.07, 6.45) is 4.99. The van der Waals surface area contributed by atoms with E-state index >= 15 is 0 Å². The Bertz CT molecular complexity index is 1240. The molecule has 30 heavy (non-hydrogen) atoms. The van der Waals surface area contributed by atoms with Gasteiger partial charge in [-0.25, -0.2) is 5.43 Å². The smallest absolute Gasteiger partial charge is 0.273 e. The van der Waals surface area contributed by atoms with Crippen LogP contribution in [0, 0.1) is 0 Å². The first-order valence-corrected chi connectivity index (χ1v) is 9.25. The summed E-state index contributed by atoms with van der Waals surface area (Å²) in [4.78, 5) is 12.6. The van der Waals surface area contributed by atoms with Crippen molar-refractivity contribution in [3.8, 4) is 22.8 Å². The number of ether oxygens (including phenoxy) is 2. The van der Waals surface area contributed by atoms with E-state index in [1.165, 1.54) is 0 Å². The van der Waals surface area contributed by atoms with E-state index in [0.29, 0.717) is 17.1 Å². The summed E-state index contributed by atoms with van der Waals surface area (Å²) in [5.41, 5.74) is 6.47. The Kier molecular flexibility index (Phi) is 5.21. The number of carbonyl (C=O) groups is 1. The van der Waals surface area contributed by atoms with Crippen molar-refractivity contribution in [2.24, 2.45) is 12.1 Å². The minimum atomic E-state index is -0.279. The van der Waals surface area contributed by atoms with Crippen LogP contribution in [0.25, 0.3) is 22.2 Å². The number of amides is 1. The fourth-order valence-electron chi connectivity index (χ4n) is 3.36. The zero-order chi connectivity index (χ0) is 21.1. The normalized spacial score (nSPS) is 11.2. The van der Waals surface area contributed by atoms with Crippen molar-refractivity contribution in [3.63, 3.8) is 0 Å². The molecule has 0 radical (unpaired) electrons. The SMILES string of the molecule is COc1ccc(-c2[nH]ncc2/C=N\NC(=O)c2cn(C)c3ccccc23)cc1OC. The zero-order valence-corrected chi connectivity index (χ0v) is 16.8. The molecular weight excluding hydrogens is 382 g/mol. The summed E-state index contributed by atoms with van der Waals surface area (Å²) in [6, 6.07) is 13.3. The van der Waals surface area contributed by atoms with Crippen LogP contribution in [0.3, 0.4) is 0 Å². The maximum absolute atomic E-state index is 12.6. The molecule has 0 fully saturated rings. The van der Waals surface area contributed by atoms with Crippen molar-refractivity contribution in [1.82, 2.24) is 20.2 Å². The summed E-state index contributed by atoms with van der Waals surface area (Å²) >= 11 is 0. The largest absolute Gasteiger partial charge is 0.493 e. The van der Waals surface area contributed by atoms with Crippen molar-refractivity contribution in [3.05, 3.63) is 66.0 Å². The highest BCUT2D eigenvalue weighted by Crippen LogP contribution is 2.32. The first kappa shape index (κ1) is 19.3. The highest BCUT2D eigenvalue weighted by molar-refractivity contribution is 6.07. The number of hydrazone groups is 1. The maximum atomic E-state index is 12.6. The molecule has 0 saturated carbocycles. The molecule has 0 spiro atoms. The van der Waals surface area contributed by atoms with Gasteiger partial charge in [0, 0.05) is 35.3 Å². The molecule has 2 aromatic carbocycles. The second-order valence-corrected chi connectivity index (χ2v) is 6.64. The van der Waals surface area contributed by atoms with Gasteiger partial charge in [-0.2, -0.15) is 10.2 Å². The van der Waals surface area contributed by atoms with Gasteiger partial charge in [0.1, 0.15) is 0 Å². The van der Waals surface area contributed by atoms with Gasteiger partial charge in [0.05, 0.1) is 37.9 Å². The second-order valence-electron chi connectivity index (χ2n) is 6.64. The van der Waals surface area contributed by atoms with Crippen molar-refractivity contribution in [1.29, 1.82) is 0 Å². The number of hydrogen-bond acceptors (Lipinski definition) is 5. The minimum Gasteiger partial charge on any atom is -0.493 e. The molecule has 0 atom stereocenters. The molecule has 4 rings (SSSR count). The molecular formula is C22H21N5O3. The summed E-state index contributed by atoms with van der Waals surface area (Å²) in [5.74, 6) is 0.967. The summed E-state index contributed by atoms with van der Waals surface area (Å²) < 4.78 is 12.6. The lowest BCUT2D eigenvalue weighted by atomic mass is 10.1. The lowest BCUT2D eigenvalue weighted by Crippen LogP contribution is -2.17. The van der Waals surface area contributed by atoms with Crippen LogP contribution in [-0.2, 0) is 7.05 Å². The van der Waals surface area contributed by atoms with Gasteiger partial charge in [-0.15, -0.1) is 0 Å². The first-order valence-electron chi connectivity index (χ1n) is 9.25. The molecule has 152 valence electrons. The molecule has 0 bridgehead atoms. The molecule has 2 aromatic heterocycles. The Hall–Kier alpha value is -4.07. The number of para-hydroxylation sites is 1. The van der Waals surface area contributed by atoms with E-state index in [4.69, 9.17) is 9.47 Å². The number of methoxy groups -OCH3 is 2. The Morgan fingerprint density at radius 1 is 1.17 bits per heavy atom. The molecule has 0 aliphatic heterocycles. The number of benzene rings is 2. The lowest BCUT2D eigenvalue weighted by Gasteiger charge is -2.09. The quantitative estimate of drug-likeness (QED) is 0.381. The summed E-state index contributed by atoms with van der Waals surface area (Å²) in [7, 11) is 5.08. The van der Waals surface area contributed by atoms with Gasteiger partial charge in [0.2, 0.25) is 0 Å². The molecule has 2 heterocycles.